The first kappa shape index (κ1) is 15.8. The third-order valence-electron chi connectivity index (χ3n) is 3.90. The summed E-state index contributed by atoms with van der Waals surface area (Å²) in [5, 5.41) is 3.41. The predicted molar refractivity (Wildman–Crippen MR) is 85.9 cm³/mol. The van der Waals surface area contributed by atoms with Crippen molar-refractivity contribution in [1.82, 2.24) is 4.98 Å². The van der Waals surface area contributed by atoms with Crippen LogP contribution in [0.3, 0.4) is 0 Å². The summed E-state index contributed by atoms with van der Waals surface area (Å²) in [6.07, 6.45) is 6.80. The lowest BCUT2D eigenvalue weighted by Gasteiger charge is -2.29. The Morgan fingerprint density at radius 3 is 2.70 bits per heavy atom. The highest BCUT2D eigenvalue weighted by Crippen LogP contribution is 2.44. The summed E-state index contributed by atoms with van der Waals surface area (Å²) in [6, 6.07) is 1.80. The van der Waals surface area contributed by atoms with Crippen LogP contribution >= 0.6 is 27.5 Å². The van der Waals surface area contributed by atoms with Gasteiger partial charge in [-0.3, -0.25) is 4.79 Å². The second-order valence-electron chi connectivity index (χ2n) is 6.04. The fourth-order valence-corrected chi connectivity index (χ4v) is 3.56. The van der Waals surface area contributed by atoms with E-state index in [1.807, 2.05) is 0 Å². The van der Waals surface area contributed by atoms with Crippen LogP contribution in [0.15, 0.2) is 16.7 Å². The average Bonchev–Trinajstić information content (AvgIpc) is 2.83. The van der Waals surface area contributed by atoms with Crippen LogP contribution in [-0.2, 0) is 4.79 Å². The van der Waals surface area contributed by atoms with E-state index in [9.17, 15) is 4.79 Å². The number of anilines is 1. The second kappa shape index (κ2) is 6.44. The molecule has 1 amide bonds. The number of rotatable bonds is 4. The topological polar surface area (TPSA) is 42.0 Å². The Morgan fingerprint density at radius 1 is 1.50 bits per heavy atom. The van der Waals surface area contributed by atoms with Crippen LogP contribution in [0.4, 0.5) is 5.69 Å². The number of aromatic nitrogens is 1. The summed E-state index contributed by atoms with van der Waals surface area (Å²) < 4.78 is 0.696. The van der Waals surface area contributed by atoms with Gasteiger partial charge in [0, 0.05) is 5.41 Å². The third kappa shape index (κ3) is 3.53. The molecule has 1 aliphatic carbocycles. The molecule has 1 aromatic rings. The monoisotopic (exact) mass is 358 g/mol. The van der Waals surface area contributed by atoms with Gasteiger partial charge in [0.15, 0.2) is 0 Å². The molecular formula is C15H20BrClN2O. The first-order chi connectivity index (χ1) is 9.43. The molecule has 1 aromatic heterocycles. The van der Waals surface area contributed by atoms with Crippen LogP contribution in [0.2, 0.25) is 5.15 Å². The van der Waals surface area contributed by atoms with Crippen molar-refractivity contribution in [2.75, 3.05) is 5.32 Å². The van der Waals surface area contributed by atoms with Gasteiger partial charge in [-0.2, -0.15) is 0 Å². The molecule has 0 saturated heterocycles. The zero-order valence-corrected chi connectivity index (χ0v) is 14.2. The van der Waals surface area contributed by atoms with Crippen LogP contribution in [0, 0.1) is 11.3 Å². The third-order valence-corrected chi connectivity index (χ3v) is 5.03. The first-order valence-electron chi connectivity index (χ1n) is 7.05. The number of hydrogen-bond donors (Lipinski definition) is 1. The molecule has 5 heteroatoms. The van der Waals surface area contributed by atoms with Crippen molar-refractivity contribution in [2.45, 2.75) is 46.0 Å². The van der Waals surface area contributed by atoms with E-state index in [2.05, 4.69) is 40.1 Å². The Bertz CT molecular complexity index is 499. The molecule has 0 unspecified atom stereocenters. The molecule has 1 fully saturated rings. The van der Waals surface area contributed by atoms with E-state index in [1.165, 1.54) is 0 Å². The van der Waals surface area contributed by atoms with Gasteiger partial charge in [-0.15, -0.1) is 0 Å². The van der Waals surface area contributed by atoms with Gasteiger partial charge in [0.2, 0.25) is 5.91 Å². The molecule has 1 aliphatic rings. The molecule has 1 N–H and O–H groups in total. The van der Waals surface area contributed by atoms with Gasteiger partial charge in [0.25, 0.3) is 0 Å². The van der Waals surface area contributed by atoms with Crippen molar-refractivity contribution >= 4 is 39.1 Å². The Labute approximate surface area is 133 Å². The minimum Gasteiger partial charge on any atom is -0.324 e. The lowest BCUT2D eigenvalue weighted by molar-refractivity contribution is -0.126. The molecule has 1 heterocycles. The number of hydrogen-bond acceptors (Lipinski definition) is 2. The predicted octanol–water partition coefficient (Wildman–Crippen LogP) is 5.04. The molecular weight excluding hydrogens is 340 g/mol. The lowest BCUT2D eigenvalue weighted by atomic mass is 9.77. The van der Waals surface area contributed by atoms with Gasteiger partial charge in [-0.1, -0.05) is 38.3 Å². The molecule has 0 spiro atoms. The van der Waals surface area contributed by atoms with Gasteiger partial charge >= 0.3 is 0 Å². The molecule has 0 bridgehead atoms. The summed E-state index contributed by atoms with van der Waals surface area (Å²) in [6.45, 7) is 4.35. The van der Waals surface area contributed by atoms with Crippen LogP contribution in [0.1, 0.15) is 46.0 Å². The minimum absolute atomic E-state index is 0.125. The van der Waals surface area contributed by atoms with E-state index >= 15 is 0 Å². The van der Waals surface area contributed by atoms with Crippen LogP contribution in [-0.4, -0.2) is 10.9 Å². The molecule has 0 radical (unpaired) electrons. The highest BCUT2D eigenvalue weighted by atomic mass is 79.9. The minimum atomic E-state index is -0.208. The molecule has 0 aromatic carbocycles. The Balaban J connectivity index is 2.14. The van der Waals surface area contributed by atoms with E-state index < -0.39 is 0 Å². The number of pyridine rings is 1. The standard InChI is InChI=1S/C15H20BrClN2O/c1-10(2)8-15(5-3-4-6-15)14(20)19-11-7-12(16)13(17)18-9-11/h7,9-10H,3-6,8H2,1-2H3,(H,19,20). The van der Waals surface area contributed by atoms with Crippen LogP contribution in [0.25, 0.3) is 0 Å². The van der Waals surface area contributed by atoms with Gasteiger partial charge in [-0.05, 0) is 47.2 Å². The number of nitrogens with zero attached hydrogens (tertiary/aromatic N) is 1. The van der Waals surface area contributed by atoms with Crippen molar-refractivity contribution in [3.8, 4) is 0 Å². The highest BCUT2D eigenvalue weighted by molar-refractivity contribution is 9.10. The van der Waals surface area contributed by atoms with Crippen LogP contribution in [0.5, 0.6) is 0 Å². The highest BCUT2D eigenvalue weighted by Gasteiger charge is 2.41. The zero-order valence-electron chi connectivity index (χ0n) is 11.9. The summed E-state index contributed by atoms with van der Waals surface area (Å²) in [4.78, 5) is 16.7. The van der Waals surface area contributed by atoms with Gasteiger partial charge in [0.05, 0.1) is 16.4 Å². The van der Waals surface area contributed by atoms with Crippen LogP contribution < -0.4 is 5.32 Å². The van der Waals surface area contributed by atoms with Crippen molar-refractivity contribution in [3.63, 3.8) is 0 Å². The van der Waals surface area contributed by atoms with E-state index in [0.29, 0.717) is 21.2 Å². The van der Waals surface area contributed by atoms with E-state index in [-0.39, 0.29) is 11.3 Å². The fourth-order valence-electron chi connectivity index (χ4n) is 3.11. The quantitative estimate of drug-likeness (QED) is 0.765. The number of carbonyl (C=O) groups is 1. The normalized spacial score (nSPS) is 17.4. The molecule has 1 saturated carbocycles. The first-order valence-corrected chi connectivity index (χ1v) is 8.22. The Kier molecular flexibility index (Phi) is 5.08. The lowest BCUT2D eigenvalue weighted by Crippen LogP contribution is -2.35. The SMILES string of the molecule is CC(C)CC1(C(=O)Nc2cnc(Cl)c(Br)c2)CCCC1. The summed E-state index contributed by atoms with van der Waals surface area (Å²) in [5.74, 6) is 0.647. The average molecular weight is 360 g/mol. The number of halogens is 2. The van der Waals surface area contributed by atoms with Gasteiger partial charge in [0.1, 0.15) is 5.15 Å². The van der Waals surface area contributed by atoms with E-state index in [0.717, 1.165) is 32.1 Å². The van der Waals surface area contributed by atoms with E-state index in [4.69, 9.17) is 11.6 Å². The Hall–Kier alpha value is -0.610. The summed E-state index contributed by atoms with van der Waals surface area (Å²) >= 11 is 9.20. The van der Waals surface area contributed by atoms with Crippen molar-refractivity contribution in [1.29, 1.82) is 0 Å². The molecule has 0 aliphatic heterocycles. The Morgan fingerprint density at radius 2 is 2.15 bits per heavy atom. The fraction of sp³-hybridized carbons (Fsp3) is 0.600. The summed E-state index contributed by atoms with van der Waals surface area (Å²) in [5.41, 5.74) is 0.488. The number of carbonyl (C=O) groups excluding carboxylic acids is 1. The maximum atomic E-state index is 12.7. The van der Waals surface area contributed by atoms with E-state index in [1.54, 1.807) is 12.3 Å². The smallest absolute Gasteiger partial charge is 0.230 e. The largest absolute Gasteiger partial charge is 0.324 e. The number of amides is 1. The van der Waals surface area contributed by atoms with Gasteiger partial charge in [-0.25, -0.2) is 4.98 Å². The van der Waals surface area contributed by atoms with Gasteiger partial charge < -0.3 is 5.32 Å². The van der Waals surface area contributed by atoms with Crippen molar-refractivity contribution in [2.24, 2.45) is 11.3 Å². The number of nitrogens with one attached hydrogen (secondary N) is 1. The zero-order chi connectivity index (χ0) is 14.8. The van der Waals surface area contributed by atoms with Crippen molar-refractivity contribution < 1.29 is 4.79 Å². The maximum absolute atomic E-state index is 12.7. The molecule has 20 heavy (non-hydrogen) atoms. The molecule has 110 valence electrons. The maximum Gasteiger partial charge on any atom is 0.230 e. The summed E-state index contributed by atoms with van der Waals surface area (Å²) in [7, 11) is 0. The molecule has 0 atom stereocenters. The van der Waals surface area contributed by atoms with Crippen molar-refractivity contribution in [3.05, 3.63) is 21.9 Å². The molecule has 2 rings (SSSR count). The second-order valence-corrected chi connectivity index (χ2v) is 7.25. The molecule has 3 nitrogen and oxygen atoms in total.